The van der Waals surface area contributed by atoms with Crippen LogP contribution in [0.2, 0.25) is 0 Å². The minimum atomic E-state index is -3.92. The van der Waals surface area contributed by atoms with Crippen molar-refractivity contribution in [1.82, 2.24) is 5.32 Å². The van der Waals surface area contributed by atoms with Crippen molar-refractivity contribution in [2.75, 3.05) is 10.8 Å². The molecule has 180 valence electrons. The number of nitrogens with one attached hydrogen (secondary N) is 1. The van der Waals surface area contributed by atoms with Crippen LogP contribution >= 0.6 is 31.9 Å². The Morgan fingerprint density at radius 2 is 1.59 bits per heavy atom. The van der Waals surface area contributed by atoms with E-state index in [0.29, 0.717) is 21.3 Å². The van der Waals surface area contributed by atoms with Gasteiger partial charge in [-0.25, -0.2) is 12.8 Å². The lowest BCUT2D eigenvalue weighted by molar-refractivity contribution is -0.121. The third-order valence-corrected chi connectivity index (χ3v) is 8.54. The average molecular weight is 612 g/mol. The van der Waals surface area contributed by atoms with Gasteiger partial charge in [0.25, 0.3) is 10.0 Å². The van der Waals surface area contributed by atoms with Crippen LogP contribution in [0.4, 0.5) is 10.1 Å². The van der Waals surface area contributed by atoms with Crippen LogP contribution in [0, 0.1) is 26.6 Å². The lowest BCUT2D eigenvalue weighted by Crippen LogP contribution is -2.35. The Balaban J connectivity index is 1.81. The van der Waals surface area contributed by atoms with E-state index in [0.717, 1.165) is 15.6 Å². The highest BCUT2D eigenvalue weighted by atomic mass is 79.9. The summed E-state index contributed by atoms with van der Waals surface area (Å²) in [5.41, 5.74) is 3.15. The van der Waals surface area contributed by atoms with Crippen LogP contribution in [0.3, 0.4) is 0 Å². The molecule has 0 atom stereocenters. The molecule has 1 amide bonds. The van der Waals surface area contributed by atoms with Gasteiger partial charge >= 0.3 is 0 Å². The number of carbonyl (C=O) groups excluding carboxylic acids is 1. The highest BCUT2D eigenvalue weighted by Gasteiger charge is 2.26. The molecule has 0 bridgehead atoms. The van der Waals surface area contributed by atoms with Crippen LogP contribution in [-0.2, 0) is 21.4 Å². The Morgan fingerprint density at radius 3 is 2.21 bits per heavy atom. The summed E-state index contributed by atoms with van der Waals surface area (Å²) >= 11 is 6.60. The second-order valence-corrected chi connectivity index (χ2v) is 11.7. The molecule has 0 aliphatic heterocycles. The largest absolute Gasteiger partial charge is 0.352 e. The van der Waals surface area contributed by atoms with Crippen molar-refractivity contribution < 1.29 is 17.6 Å². The Hall–Kier alpha value is -2.23. The van der Waals surface area contributed by atoms with E-state index < -0.39 is 10.0 Å². The van der Waals surface area contributed by atoms with E-state index in [4.69, 9.17) is 0 Å². The molecule has 0 unspecified atom stereocenters. The average Bonchev–Trinajstić information content (AvgIpc) is 2.76. The molecule has 3 aromatic rings. The van der Waals surface area contributed by atoms with Crippen molar-refractivity contribution in [3.05, 3.63) is 91.6 Å². The summed E-state index contributed by atoms with van der Waals surface area (Å²) in [6, 6.07) is 15.2. The fourth-order valence-electron chi connectivity index (χ4n) is 3.56. The predicted octanol–water partition coefficient (Wildman–Crippen LogP) is 6.18. The fraction of sp³-hybridized carbons (Fsp3) is 0.240. The van der Waals surface area contributed by atoms with E-state index in [-0.39, 0.29) is 36.1 Å². The van der Waals surface area contributed by atoms with Crippen molar-refractivity contribution in [3.8, 4) is 0 Å². The summed E-state index contributed by atoms with van der Waals surface area (Å²) in [7, 11) is -3.92. The number of sulfonamides is 1. The molecule has 1 N–H and O–H groups in total. The van der Waals surface area contributed by atoms with Crippen molar-refractivity contribution >= 4 is 53.5 Å². The van der Waals surface area contributed by atoms with Gasteiger partial charge in [-0.2, -0.15) is 0 Å². The second-order valence-electron chi connectivity index (χ2n) is 8.05. The van der Waals surface area contributed by atoms with Gasteiger partial charge in [-0.3, -0.25) is 9.10 Å². The molecular formula is C25H25Br2FN2O3S. The maximum Gasteiger partial charge on any atom is 0.264 e. The molecule has 5 nitrogen and oxygen atoms in total. The number of amides is 1. The minimum Gasteiger partial charge on any atom is -0.352 e. The minimum absolute atomic E-state index is 0.0157. The molecule has 34 heavy (non-hydrogen) atoms. The molecule has 0 heterocycles. The van der Waals surface area contributed by atoms with Crippen LogP contribution in [0.15, 0.2) is 68.4 Å². The highest BCUT2D eigenvalue weighted by Crippen LogP contribution is 2.27. The van der Waals surface area contributed by atoms with Crippen LogP contribution in [0.1, 0.15) is 28.7 Å². The first-order chi connectivity index (χ1) is 16.0. The van der Waals surface area contributed by atoms with Gasteiger partial charge in [0.05, 0.1) is 10.6 Å². The summed E-state index contributed by atoms with van der Waals surface area (Å²) in [4.78, 5) is 12.7. The highest BCUT2D eigenvalue weighted by molar-refractivity contribution is 9.10. The topological polar surface area (TPSA) is 66.5 Å². The standard InChI is InChI=1S/C25H25Br2FN2O3S/c1-16-12-17(2)14-21(13-16)30(34(32,33)22-7-5-20(26)6-8-22)11-10-24(31)29-15-19-4-9-23(27)18(3)25(19)28/h4-9,12-14H,10-11,15H2,1-3H3,(H,29,31). The van der Waals surface area contributed by atoms with Crippen molar-refractivity contribution in [2.45, 2.75) is 38.6 Å². The lowest BCUT2D eigenvalue weighted by Gasteiger charge is -2.25. The first kappa shape index (κ1) is 26.4. The first-order valence-electron chi connectivity index (χ1n) is 10.6. The Morgan fingerprint density at radius 1 is 0.971 bits per heavy atom. The molecule has 0 aliphatic rings. The van der Waals surface area contributed by atoms with Crippen LogP contribution in [-0.4, -0.2) is 20.9 Å². The van der Waals surface area contributed by atoms with Gasteiger partial charge in [-0.15, -0.1) is 0 Å². The molecule has 0 saturated heterocycles. The monoisotopic (exact) mass is 610 g/mol. The molecule has 0 aliphatic carbocycles. The zero-order chi connectivity index (χ0) is 25.0. The summed E-state index contributed by atoms with van der Waals surface area (Å²) in [6.07, 6.45) is -0.0835. The van der Waals surface area contributed by atoms with Gasteiger partial charge in [-0.05, 0) is 79.9 Å². The third kappa shape index (κ3) is 6.25. The molecule has 9 heteroatoms. The summed E-state index contributed by atoms with van der Waals surface area (Å²) in [5, 5.41) is 2.69. The summed E-state index contributed by atoms with van der Waals surface area (Å²) in [5.74, 6) is -0.760. The van der Waals surface area contributed by atoms with E-state index >= 15 is 0 Å². The van der Waals surface area contributed by atoms with Gasteiger partial charge in [0.2, 0.25) is 5.91 Å². The van der Waals surface area contributed by atoms with Crippen molar-refractivity contribution in [2.24, 2.45) is 0 Å². The molecular weight excluding hydrogens is 587 g/mol. The van der Waals surface area contributed by atoms with Gasteiger partial charge in [0, 0.05) is 34.0 Å². The number of hydrogen-bond acceptors (Lipinski definition) is 3. The first-order valence-corrected chi connectivity index (χ1v) is 13.6. The number of hydrogen-bond donors (Lipinski definition) is 1. The van der Waals surface area contributed by atoms with Crippen LogP contribution in [0.5, 0.6) is 0 Å². The summed E-state index contributed by atoms with van der Waals surface area (Å²) in [6.45, 7) is 5.39. The van der Waals surface area contributed by atoms with E-state index in [1.807, 2.05) is 19.9 Å². The Labute approximate surface area is 216 Å². The van der Waals surface area contributed by atoms with E-state index in [1.165, 1.54) is 16.4 Å². The molecule has 0 fully saturated rings. The van der Waals surface area contributed by atoms with Gasteiger partial charge in [0.15, 0.2) is 0 Å². The zero-order valence-electron chi connectivity index (χ0n) is 19.0. The van der Waals surface area contributed by atoms with Gasteiger partial charge in [0.1, 0.15) is 5.82 Å². The van der Waals surface area contributed by atoms with Gasteiger partial charge in [-0.1, -0.05) is 44.0 Å². The molecule has 0 aromatic heterocycles. The zero-order valence-corrected chi connectivity index (χ0v) is 23.0. The molecule has 3 rings (SSSR count). The smallest absolute Gasteiger partial charge is 0.264 e. The molecule has 0 radical (unpaired) electrons. The normalized spacial score (nSPS) is 11.4. The van der Waals surface area contributed by atoms with Crippen LogP contribution in [0.25, 0.3) is 0 Å². The number of nitrogens with zero attached hydrogens (tertiary/aromatic N) is 1. The number of rotatable bonds is 8. The van der Waals surface area contributed by atoms with Gasteiger partial charge < -0.3 is 5.32 Å². The Kier molecular flexibility index (Phi) is 8.54. The second kappa shape index (κ2) is 11.0. The van der Waals surface area contributed by atoms with E-state index in [2.05, 4.69) is 37.2 Å². The number of anilines is 1. The number of halogens is 3. The Bertz CT molecular complexity index is 1290. The number of aryl methyl sites for hydroxylation is 2. The van der Waals surface area contributed by atoms with Crippen molar-refractivity contribution in [3.63, 3.8) is 0 Å². The number of benzene rings is 3. The third-order valence-electron chi connectivity index (χ3n) is 5.31. The molecule has 3 aromatic carbocycles. The maximum absolute atomic E-state index is 14.4. The quantitative estimate of drug-likeness (QED) is 0.331. The maximum atomic E-state index is 14.4. The van der Waals surface area contributed by atoms with E-state index in [1.54, 1.807) is 43.3 Å². The van der Waals surface area contributed by atoms with Crippen molar-refractivity contribution in [1.29, 1.82) is 0 Å². The molecule has 0 spiro atoms. The SMILES string of the molecule is Cc1cc(C)cc(N(CCC(=O)NCc2ccc(Br)c(C)c2F)S(=O)(=O)c2ccc(Br)cc2)c1. The molecule has 0 saturated carbocycles. The van der Waals surface area contributed by atoms with Crippen LogP contribution < -0.4 is 9.62 Å². The fourth-order valence-corrected chi connectivity index (χ4v) is 5.58. The number of carbonyl (C=O) groups is 1. The predicted molar refractivity (Wildman–Crippen MR) is 140 cm³/mol. The lowest BCUT2D eigenvalue weighted by atomic mass is 10.1. The summed E-state index contributed by atoms with van der Waals surface area (Å²) < 4.78 is 44.1. The van der Waals surface area contributed by atoms with E-state index in [9.17, 15) is 17.6 Å².